The van der Waals surface area contributed by atoms with Crippen LogP contribution in [0.3, 0.4) is 0 Å². The number of carbonyl (C=O) groups excluding carboxylic acids is 1. The Morgan fingerprint density at radius 2 is 2.00 bits per heavy atom. The van der Waals surface area contributed by atoms with E-state index in [2.05, 4.69) is 10.1 Å². The summed E-state index contributed by atoms with van der Waals surface area (Å²) in [5.74, 6) is 0.794. The minimum absolute atomic E-state index is 0.113. The second kappa shape index (κ2) is 7.14. The summed E-state index contributed by atoms with van der Waals surface area (Å²) in [6.07, 6.45) is 0. The number of carbonyl (C=O) groups is 1. The van der Waals surface area contributed by atoms with Crippen LogP contribution < -0.4 is 4.74 Å². The molecule has 2 aromatic carbocycles. The van der Waals surface area contributed by atoms with Crippen molar-refractivity contribution in [3.05, 3.63) is 65.0 Å². The fourth-order valence-electron chi connectivity index (χ4n) is 1.99. The Hall–Kier alpha value is -2.86. The van der Waals surface area contributed by atoms with Gasteiger partial charge in [0.15, 0.2) is 6.61 Å². The molecule has 0 saturated carbocycles. The molecule has 6 nitrogen and oxygen atoms in total. The molecule has 0 bridgehead atoms. The first-order chi connectivity index (χ1) is 11.7. The van der Waals surface area contributed by atoms with Gasteiger partial charge < -0.3 is 14.0 Å². The van der Waals surface area contributed by atoms with Crippen LogP contribution in [0.15, 0.2) is 53.1 Å². The van der Waals surface area contributed by atoms with Crippen LogP contribution in [0, 0.1) is 0 Å². The molecule has 0 atom stereocenters. The number of hydrogen-bond acceptors (Lipinski definition) is 6. The van der Waals surface area contributed by atoms with Crippen LogP contribution in [0.25, 0.3) is 11.4 Å². The third kappa shape index (κ3) is 3.72. The van der Waals surface area contributed by atoms with Crippen molar-refractivity contribution in [1.29, 1.82) is 0 Å². The topological polar surface area (TPSA) is 74.5 Å². The molecule has 0 unspecified atom stereocenters. The number of esters is 1. The van der Waals surface area contributed by atoms with Crippen molar-refractivity contribution in [3.8, 4) is 17.1 Å². The molecule has 0 radical (unpaired) electrons. The number of aromatic nitrogens is 2. The van der Waals surface area contributed by atoms with Gasteiger partial charge in [0.1, 0.15) is 5.75 Å². The summed E-state index contributed by atoms with van der Waals surface area (Å²) < 4.78 is 15.4. The summed E-state index contributed by atoms with van der Waals surface area (Å²) in [5, 5.41) is 4.42. The molecule has 3 aromatic rings. The van der Waals surface area contributed by atoms with Gasteiger partial charge in [0.05, 0.1) is 12.7 Å². The number of rotatable bonds is 5. The van der Waals surface area contributed by atoms with Gasteiger partial charge in [-0.1, -0.05) is 28.9 Å². The maximum Gasteiger partial charge on any atom is 0.338 e. The highest BCUT2D eigenvalue weighted by molar-refractivity contribution is 6.30. The first kappa shape index (κ1) is 16.0. The van der Waals surface area contributed by atoms with Crippen molar-refractivity contribution in [2.45, 2.75) is 6.61 Å². The normalized spacial score (nSPS) is 10.4. The van der Waals surface area contributed by atoms with Crippen molar-refractivity contribution in [3.63, 3.8) is 0 Å². The van der Waals surface area contributed by atoms with Crippen LogP contribution in [-0.4, -0.2) is 23.2 Å². The van der Waals surface area contributed by atoms with Gasteiger partial charge in [0.2, 0.25) is 5.82 Å². The maximum atomic E-state index is 11.9. The lowest BCUT2D eigenvalue weighted by molar-refractivity contribution is 0.0430. The van der Waals surface area contributed by atoms with E-state index in [0.717, 1.165) is 5.56 Å². The first-order valence-electron chi connectivity index (χ1n) is 7.05. The molecule has 1 aromatic heterocycles. The maximum absolute atomic E-state index is 11.9. The predicted molar refractivity (Wildman–Crippen MR) is 86.9 cm³/mol. The van der Waals surface area contributed by atoms with Gasteiger partial charge in [0.25, 0.3) is 5.89 Å². The molecule has 1 heterocycles. The summed E-state index contributed by atoms with van der Waals surface area (Å²) in [5.41, 5.74) is 1.14. The zero-order chi connectivity index (χ0) is 16.9. The van der Waals surface area contributed by atoms with Gasteiger partial charge >= 0.3 is 5.97 Å². The monoisotopic (exact) mass is 344 g/mol. The molecule has 0 spiro atoms. The Morgan fingerprint density at radius 1 is 1.21 bits per heavy atom. The number of methoxy groups -OCH3 is 1. The molecule has 0 aliphatic heterocycles. The lowest BCUT2D eigenvalue weighted by atomic mass is 10.2. The minimum atomic E-state index is -0.493. The molecule has 0 N–H and O–H groups in total. The second-order valence-electron chi connectivity index (χ2n) is 4.83. The lowest BCUT2D eigenvalue weighted by Crippen LogP contribution is -2.05. The van der Waals surface area contributed by atoms with Crippen molar-refractivity contribution in [2.75, 3.05) is 7.11 Å². The summed E-state index contributed by atoms with van der Waals surface area (Å²) in [6.45, 7) is -0.113. The number of halogens is 1. The van der Waals surface area contributed by atoms with Gasteiger partial charge in [-0.05, 0) is 36.4 Å². The zero-order valence-electron chi connectivity index (χ0n) is 12.7. The second-order valence-corrected chi connectivity index (χ2v) is 5.26. The molecule has 24 heavy (non-hydrogen) atoms. The molecule has 7 heteroatoms. The summed E-state index contributed by atoms with van der Waals surface area (Å²) in [7, 11) is 1.58. The highest BCUT2D eigenvalue weighted by Gasteiger charge is 2.13. The van der Waals surface area contributed by atoms with Crippen LogP contribution >= 0.6 is 11.6 Å². The van der Waals surface area contributed by atoms with Gasteiger partial charge in [-0.25, -0.2) is 4.79 Å². The molecule has 0 fully saturated rings. The van der Waals surface area contributed by atoms with Crippen molar-refractivity contribution in [1.82, 2.24) is 10.1 Å². The zero-order valence-corrected chi connectivity index (χ0v) is 13.5. The molecule has 0 aliphatic rings. The van der Waals surface area contributed by atoms with Crippen LogP contribution in [-0.2, 0) is 11.3 Å². The number of benzene rings is 2. The summed E-state index contributed by atoms with van der Waals surface area (Å²) in [4.78, 5) is 16.1. The first-order valence-corrected chi connectivity index (χ1v) is 7.43. The quantitative estimate of drug-likeness (QED) is 0.656. The fourth-order valence-corrected chi connectivity index (χ4v) is 2.12. The van der Waals surface area contributed by atoms with Crippen molar-refractivity contribution >= 4 is 17.6 Å². The fraction of sp³-hybridized carbons (Fsp3) is 0.118. The summed E-state index contributed by atoms with van der Waals surface area (Å²) >= 11 is 5.78. The van der Waals surface area contributed by atoms with E-state index in [1.807, 2.05) is 18.2 Å². The average Bonchev–Trinajstić information content (AvgIpc) is 3.09. The van der Waals surface area contributed by atoms with Crippen molar-refractivity contribution < 1.29 is 18.8 Å². The molecule has 0 aliphatic carbocycles. The SMILES string of the molecule is COc1cccc(-c2noc(COC(=O)c3ccc(Cl)cc3)n2)c1. The van der Waals surface area contributed by atoms with E-state index >= 15 is 0 Å². The van der Waals surface area contributed by atoms with Crippen LogP contribution in [0.1, 0.15) is 16.2 Å². The summed E-state index contributed by atoms with van der Waals surface area (Å²) in [6, 6.07) is 13.7. The molecule has 0 saturated heterocycles. The molecular weight excluding hydrogens is 332 g/mol. The van der Waals surface area contributed by atoms with Gasteiger partial charge in [-0.3, -0.25) is 0 Å². The van der Waals surface area contributed by atoms with E-state index < -0.39 is 5.97 Å². The predicted octanol–water partition coefficient (Wildman–Crippen LogP) is 3.76. The van der Waals surface area contributed by atoms with Crippen molar-refractivity contribution in [2.24, 2.45) is 0 Å². The van der Waals surface area contributed by atoms with E-state index in [1.54, 1.807) is 37.4 Å². The Bertz CT molecular complexity index is 846. The average molecular weight is 345 g/mol. The van der Waals surface area contributed by atoms with Gasteiger partial charge in [-0.15, -0.1) is 0 Å². The van der Waals surface area contributed by atoms with E-state index in [1.165, 1.54) is 0 Å². The Kier molecular flexibility index (Phi) is 4.77. The van der Waals surface area contributed by atoms with Crippen LogP contribution in [0.5, 0.6) is 5.75 Å². The third-order valence-electron chi connectivity index (χ3n) is 3.20. The number of ether oxygens (including phenoxy) is 2. The number of nitrogens with zero attached hydrogens (tertiary/aromatic N) is 2. The molecule has 122 valence electrons. The largest absolute Gasteiger partial charge is 0.497 e. The van der Waals surface area contributed by atoms with Crippen LogP contribution in [0.4, 0.5) is 0 Å². The minimum Gasteiger partial charge on any atom is -0.497 e. The van der Waals surface area contributed by atoms with Gasteiger partial charge in [-0.2, -0.15) is 4.98 Å². The van der Waals surface area contributed by atoms with Crippen LogP contribution in [0.2, 0.25) is 5.02 Å². The smallest absolute Gasteiger partial charge is 0.338 e. The highest BCUT2D eigenvalue weighted by Crippen LogP contribution is 2.21. The Morgan fingerprint density at radius 3 is 2.75 bits per heavy atom. The highest BCUT2D eigenvalue weighted by atomic mass is 35.5. The van der Waals surface area contributed by atoms with E-state index in [0.29, 0.717) is 22.2 Å². The standard InChI is InChI=1S/C17H13ClN2O4/c1-22-14-4-2-3-12(9-14)16-19-15(24-20-16)10-23-17(21)11-5-7-13(18)8-6-11/h2-9H,10H2,1H3. The van der Waals surface area contributed by atoms with Gasteiger partial charge in [0, 0.05) is 10.6 Å². The Balaban J connectivity index is 1.65. The molecular formula is C17H13ClN2O4. The molecule has 3 rings (SSSR count). The lowest BCUT2D eigenvalue weighted by Gasteiger charge is -2.01. The van der Waals surface area contributed by atoms with E-state index in [-0.39, 0.29) is 12.5 Å². The van der Waals surface area contributed by atoms with E-state index in [4.69, 9.17) is 25.6 Å². The Labute approximate surface area is 143 Å². The van der Waals surface area contributed by atoms with E-state index in [9.17, 15) is 4.79 Å². The third-order valence-corrected chi connectivity index (χ3v) is 3.45. The molecule has 0 amide bonds. The number of hydrogen-bond donors (Lipinski definition) is 0.